The lowest BCUT2D eigenvalue weighted by molar-refractivity contribution is 1.60. The largest absolute Gasteiger partial charge is 0.761 e. The van der Waals surface area contributed by atoms with Crippen molar-refractivity contribution in [3.05, 3.63) is 33.5 Å². The molecule has 0 fully saturated rings. The maximum absolute atomic E-state index is 10.2. The minimum Gasteiger partial charge on any atom is -0.761 e. The van der Waals surface area contributed by atoms with E-state index in [1.54, 1.807) is 23.7 Å². The zero-order valence-electron chi connectivity index (χ0n) is 4.90. The molecule has 0 bridgehead atoms. The second-order valence-electron chi connectivity index (χ2n) is 1.70. The van der Waals surface area contributed by atoms with Crippen molar-refractivity contribution in [1.29, 1.82) is 0 Å². The van der Waals surface area contributed by atoms with E-state index in [2.05, 4.69) is 0 Å². The molecule has 1 aromatic rings. The number of nitrogens with one attached hydrogen (secondary N) is 1. The first-order valence-corrected chi connectivity index (χ1v) is 3.33. The summed E-state index contributed by atoms with van der Waals surface area (Å²) in [4.78, 5) is 0. The average Bonchev–Trinajstić information content (AvgIpc) is 1.88. The molecule has 0 heterocycles. The Labute approximate surface area is 68.3 Å². The van der Waals surface area contributed by atoms with Gasteiger partial charge in [0.1, 0.15) is 0 Å². The summed E-state index contributed by atoms with van der Waals surface area (Å²) in [6.07, 6.45) is 0. The lowest BCUT2D eigenvalue weighted by Gasteiger charge is -2.12. The van der Waals surface area contributed by atoms with Crippen molar-refractivity contribution in [3.8, 4) is 0 Å². The van der Waals surface area contributed by atoms with Gasteiger partial charge in [0.05, 0.1) is 15.7 Å². The molecule has 0 aliphatic carbocycles. The van der Waals surface area contributed by atoms with Crippen LogP contribution in [0.5, 0.6) is 0 Å². The molecule has 10 heavy (non-hydrogen) atoms. The molecule has 0 spiro atoms. The van der Waals surface area contributed by atoms with Gasteiger partial charge in [0, 0.05) is 0 Å². The molecule has 0 aliphatic rings. The molecular weight excluding hydrogens is 173 g/mol. The molecule has 2 nitrogen and oxygen atoms in total. The standard InChI is InChI=1S/C6H4Cl2NO/c7-4-2-1-3-5(8)6(4)9-10/h1-3,9H/q-1. The molecule has 0 unspecified atom stereocenters. The fraction of sp³-hybridized carbons (Fsp3) is 0. The summed E-state index contributed by atoms with van der Waals surface area (Å²) >= 11 is 11.2. The Hall–Kier alpha value is -0.440. The number of para-hydroxylation sites is 1. The first kappa shape index (κ1) is 7.66. The van der Waals surface area contributed by atoms with Gasteiger partial charge in [0.25, 0.3) is 0 Å². The van der Waals surface area contributed by atoms with Gasteiger partial charge in [-0.2, -0.15) is 0 Å². The molecule has 0 saturated carbocycles. The number of hydrogen-bond donors (Lipinski definition) is 1. The Balaban J connectivity index is 3.17. The zero-order chi connectivity index (χ0) is 7.56. The molecule has 1 aromatic carbocycles. The predicted molar refractivity (Wildman–Crippen MR) is 43.5 cm³/mol. The van der Waals surface area contributed by atoms with Gasteiger partial charge in [-0.15, -0.1) is 0 Å². The fourth-order valence-electron chi connectivity index (χ4n) is 0.595. The van der Waals surface area contributed by atoms with Crippen LogP contribution in [0, 0.1) is 5.21 Å². The number of rotatable bonds is 1. The van der Waals surface area contributed by atoms with Gasteiger partial charge in [-0.25, -0.2) is 0 Å². The highest BCUT2D eigenvalue weighted by atomic mass is 35.5. The van der Waals surface area contributed by atoms with Crippen LogP contribution in [-0.2, 0) is 0 Å². The minimum absolute atomic E-state index is 0.228. The molecule has 0 amide bonds. The monoisotopic (exact) mass is 176 g/mol. The molecule has 0 aliphatic heterocycles. The Kier molecular flexibility index (Phi) is 2.38. The number of benzene rings is 1. The second kappa shape index (κ2) is 3.10. The van der Waals surface area contributed by atoms with Gasteiger partial charge in [-0.05, 0) is 12.1 Å². The first-order chi connectivity index (χ1) is 4.75. The van der Waals surface area contributed by atoms with Crippen LogP contribution >= 0.6 is 23.2 Å². The topological polar surface area (TPSA) is 35.1 Å². The number of hydrogen-bond acceptors (Lipinski definition) is 2. The van der Waals surface area contributed by atoms with Crippen molar-refractivity contribution in [2.45, 2.75) is 0 Å². The highest BCUT2D eigenvalue weighted by Crippen LogP contribution is 2.28. The predicted octanol–water partition coefficient (Wildman–Crippen LogP) is 2.90. The quantitative estimate of drug-likeness (QED) is 0.669. The zero-order valence-corrected chi connectivity index (χ0v) is 6.41. The molecule has 1 N–H and O–H groups in total. The van der Waals surface area contributed by atoms with Crippen molar-refractivity contribution < 1.29 is 0 Å². The van der Waals surface area contributed by atoms with E-state index in [1.807, 2.05) is 0 Å². The minimum atomic E-state index is 0.228. The lowest BCUT2D eigenvalue weighted by Crippen LogP contribution is -1.86. The van der Waals surface area contributed by atoms with E-state index in [0.29, 0.717) is 10.0 Å². The Bertz CT molecular complexity index is 219. The van der Waals surface area contributed by atoms with Crippen LogP contribution in [0.4, 0.5) is 5.69 Å². The molecule has 1 rings (SSSR count). The van der Waals surface area contributed by atoms with E-state index < -0.39 is 0 Å². The molecule has 0 saturated heterocycles. The summed E-state index contributed by atoms with van der Waals surface area (Å²) in [5.41, 5.74) is 1.88. The summed E-state index contributed by atoms with van der Waals surface area (Å²) < 4.78 is 0. The van der Waals surface area contributed by atoms with Crippen LogP contribution in [0.25, 0.3) is 0 Å². The summed E-state index contributed by atoms with van der Waals surface area (Å²) in [5, 5.41) is 10.8. The fourth-order valence-corrected chi connectivity index (χ4v) is 1.07. The molecule has 4 heteroatoms. The molecule has 0 atom stereocenters. The average molecular weight is 177 g/mol. The molecular formula is C6H4Cl2NO-. The van der Waals surface area contributed by atoms with Crippen LogP contribution < -0.4 is 5.48 Å². The van der Waals surface area contributed by atoms with Crippen LogP contribution in [0.1, 0.15) is 0 Å². The van der Waals surface area contributed by atoms with Crippen LogP contribution in [-0.4, -0.2) is 0 Å². The van der Waals surface area contributed by atoms with E-state index in [9.17, 15) is 5.21 Å². The van der Waals surface area contributed by atoms with Crippen LogP contribution in [0.15, 0.2) is 18.2 Å². The third kappa shape index (κ3) is 1.34. The summed E-state index contributed by atoms with van der Waals surface area (Å²) in [7, 11) is 0. The maximum atomic E-state index is 10.2. The van der Waals surface area contributed by atoms with Gasteiger partial charge < -0.3 is 10.7 Å². The highest BCUT2D eigenvalue weighted by Gasteiger charge is 1.98. The molecule has 54 valence electrons. The number of halogens is 2. The first-order valence-electron chi connectivity index (χ1n) is 2.58. The summed E-state index contributed by atoms with van der Waals surface area (Å²) in [6, 6.07) is 4.85. The van der Waals surface area contributed by atoms with E-state index in [-0.39, 0.29) is 5.69 Å². The second-order valence-corrected chi connectivity index (χ2v) is 2.51. The van der Waals surface area contributed by atoms with Gasteiger partial charge in [0.15, 0.2) is 0 Å². The van der Waals surface area contributed by atoms with Gasteiger partial charge >= 0.3 is 0 Å². The van der Waals surface area contributed by atoms with Crippen molar-refractivity contribution in [2.24, 2.45) is 0 Å². The number of anilines is 1. The van der Waals surface area contributed by atoms with Crippen molar-refractivity contribution in [1.82, 2.24) is 0 Å². The summed E-state index contributed by atoms with van der Waals surface area (Å²) in [5.74, 6) is 0. The van der Waals surface area contributed by atoms with Gasteiger partial charge in [-0.1, -0.05) is 29.3 Å². The molecule has 0 radical (unpaired) electrons. The van der Waals surface area contributed by atoms with Gasteiger partial charge in [0.2, 0.25) is 0 Å². The SMILES string of the molecule is [O-]Nc1c(Cl)cccc1Cl. The lowest BCUT2D eigenvalue weighted by atomic mass is 10.3. The normalized spacial score (nSPS) is 9.50. The van der Waals surface area contributed by atoms with Crippen LogP contribution in [0.2, 0.25) is 10.0 Å². The van der Waals surface area contributed by atoms with Crippen molar-refractivity contribution in [3.63, 3.8) is 0 Å². The highest BCUT2D eigenvalue weighted by molar-refractivity contribution is 6.39. The van der Waals surface area contributed by atoms with Crippen molar-refractivity contribution >= 4 is 28.9 Å². The Morgan fingerprint density at radius 2 is 1.70 bits per heavy atom. The Morgan fingerprint density at radius 3 is 2.00 bits per heavy atom. The third-order valence-electron chi connectivity index (χ3n) is 1.06. The molecule has 0 aromatic heterocycles. The van der Waals surface area contributed by atoms with Crippen LogP contribution in [0.3, 0.4) is 0 Å². The summed E-state index contributed by atoms with van der Waals surface area (Å²) in [6.45, 7) is 0. The van der Waals surface area contributed by atoms with E-state index in [4.69, 9.17) is 23.2 Å². The van der Waals surface area contributed by atoms with E-state index >= 15 is 0 Å². The third-order valence-corrected chi connectivity index (χ3v) is 1.69. The van der Waals surface area contributed by atoms with Gasteiger partial charge in [-0.3, -0.25) is 0 Å². The Morgan fingerprint density at radius 1 is 1.20 bits per heavy atom. The van der Waals surface area contributed by atoms with Crippen molar-refractivity contribution in [2.75, 3.05) is 5.48 Å². The van der Waals surface area contributed by atoms with E-state index in [1.165, 1.54) is 0 Å². The van der Waals surface area contributed by atoms with E-state index in [0.717, 1.165) is 0 Å². The maximum Gasteiger partial charge on any atom is 0.0644 e. The smallest absolute Gasteiger partial charge is 0.0644 e.